The number of carbonyl (C=O) groups is 2. The number of aromatic carboxylic acids is 1. The van der Waals surface area contributed by atoms with Crippen LogP contribution >= 0.6 is 15.9 Å². The second-order valence-electron chi connectivity index (χ2n) is 4.00. The summed E-state index contributed by atoms with van der Waals surface area (Å²) in [5, 5.41) is 20.9. The maximum Gasteiger partial charge on any atom is 0.335 e. The van der Waals surface area contributed by atoms with E-state index in [0.717, 1.165) is 0 Å². The summed E-state index contributed by atoms with van der Waals surface area (Å²) in [6.45, 7) is 0. The number of carboxylic acids is 1. The van der Waals surface area contributed by atoms with Crippen LogP contribution in [0.2, 0.25) is 0 Å². The molecule has 3 N–H and O–H groups in total. The molecule has 0 heterocycles. The van der Waals surface area contributed by atoms with E-state index in [9.17, 15) is 14.7 Å². The van der Waals surface area contributed by atoms with E-state index >= 15 is 0 Å². The first-order valence-electron chi connectivity index (χ1n) is 5.60. The molecule has 0 unspecified atom stereocenters. The Bertz CT molecular complexity index is 667. The lowest BCUT2D eigenvalue weighted by molar-refractivity contribution is 0.0696. The third-order valence-corrected chi connectivity index (χ3v) is 3.27. The number of amides is 1. The molecule has 6 heteroatoms. The lowest BCUT2D eigenvalue weighted by Crippen LogP contribution is -2.11. The van der Waals surface area contributed by atoms with Gasteiger partial charge >= 0.3 is 5.97 Å². The first kappa shape index (κ1) is 14.1. The molecule has 0 fully saturated rings. The van der Waals surface area contributed by atoms with Gasteiger partial charge in [0, 0.05) is 11.3 Å². The quantitative estimate of drug-likeness (QED) is 0.804. The Hall–Kier alpha value is -2.34. The Labute approximate surface area is 123 Å². The average molecular weight is 336 g/mol. The van der Waals surface area contributed by atoms with Crippen molar-refractivity contribution in [3.8, 4) is 5.75 Å². The molecule has 0 saturated heterocycles. The second kappa shape index (κ2) is 5.75. The van der Waals surface area contributed by atoms with Gasteiger partial charge in [-0.2, -0.15) is 0 Å². The summed E-state index contributed by atoms with van der Waals surface area (Å²) in [6, 6.07) is 10.3. The predicted octanol–water partition coefficient (Wildman–Crippen LogP) is 3.11. The van der Waals surface area contributed by atoms with Gasteiger partial charge in [-0.3, -0.25) is 4.79 Å². The molecule has 1 amide bonds. The minimum atomic E-state index is -1.03. The lowest BCUT2D eigenvalue weighted by atomic mass is 10.1. The number of carboxylic acid groups (broad SMARTS) is 1. The topological polar surface area (TPSA) is 86.6 Å². The summed E-state index contributed by atoms with van der Waals surface area (Å²) >= 11 is 3.13. The summed E-state index contributed by atoms with van der Waals surface area (Å²) in [7, 11) is 0. The van der Waals surface area contributed by atoms with Crippen molar-refractivity contribution < 1.29 is 19.8 Å². The van der Waals surface area contributed by atoms with Crippen LogP contribution in [0.15, 0.2) is 46.9 Å². The van der Waals surface area contributed by atoms with Crippen LogP contribution in [0, 0.1) is 0 Å². The van der Waals surface area contributed by atoms with E-state index in [-0.39, 0.29) is 11.3 Å². The van der Waals surface area contributed by atoms with E-state index in [1.54, 1.807) is 12.1 Å². The van der Waals surface area contributed by atoms with Crippen molar-refractivity contribution in [2.75, 3.05) is 5.32 Å². The van der Waals surface area contributed by atoms with Crippen LogP contribution in [-0.4, -0.2) is 22.1 Å². The van der Waals surface area contributed by atoms with Crippen LogP contribution in [0.1, 0.15) is 20.7 Å². The van der Waals surface area contributed by atoms with Crippen molar-refractivity contribution in [1.29, 1.82) is 0 Å². The maximum atomic E-state index is 11.9. The number of carbonyl (C=O) groups excluding carboxylic acids is 1. The highest BCUT2D eigenvalue weighted by Gasteiger charge is 2.09. The highest BCUT2D eigenvalue weighted by atomic mass is 79.9. The zero-order valence-corrected chi connectivity index (χ0v) is 11.7. The number of hydrogen-bond donors (Lipinski definition) is 3. The van der Waals surface area contributed by atoms with E-state index in [2.05, 4.69) is 21.2 Å². The number of nitrogens with one attached hydrogen (secondary N) is 1. The molecule has 0 radical (unpaired) electrons. The van der Waals surface area contributed by atoms with Crippen LogP contribution in [0.3, 0.4) is 0 Å². The molecule has 2 aromatic rings. The van der Waals surface area contributed by atoms with Crippen molar-refractivity contribution in [1.82, 2.24) is 0 Å². The highest BCUT2D eigenvalue weighted by molar-refractivity contribution is 9.10. The van der Waals surface area contributed by atoms with E-state index in [1.165, 1.54) is 30.3 Å². The van der Waals surface area contributed by atoms with Crippen molar-refractivity contribution >= 4 is 33.5 Å². The summed E-state index contributed by atoms with van der Waals surface area (Å²) in [6.07, 6.45) is 0. The third kappa shape index (κ3) is 3.16. The van der Waals surface area contributed by atoms with Crippen LogP contribution in [-0.2, 0) is 0 Å². The first-order chi connectivity index (χ1) is 9.47. The molecule has 0 aliphatic carbocycles. The molecule has 0 aliphatic heterocycles. The molecular weight excluding hydrogens is 326 g/mol. The summed E-state index contributed by atoms with van der Waals surface area (Å²) in [5.74, 6) is -1.45. The fourth-order valence-electron chi connectivity index (χ4n) is 1.55. The molecule has 0 bridgehead atoms. The summed E-state index contributed by atoms with van der Waals surface area (Å²) < 4.78 is 0.500. The van der Waals surface area contributed by atoms with Crippen LogP contribution < -0.4 is 5.32 Å². The van der Waals surface area contributed by atoms with Gasteiger partial charge in [0.25, 0.3) is 5.91 Å². The number of anilines is 1. The largest absolute Gasteiger partial charge is 0.507 e. The van der Waals surface area contributed by atoms with Gasteiger partial charge in [0.1, 0.15) is 5.75 Å². The van der Waals surface area contributed by atoms with Gasteiger partial charge < -0.3 is 15.5 Å². The average Bonchev–Trinajstić information content (AvgIpc) is 2.42. The first-order valence-corrected chi connectivity index (χ1v) is 6.40. The van der Waals surface area contributed by atoms with Crippen LogP contribution in [0.25, 0.3) is 0 Å². The van der Waals surface area contributed by atoms with Crippen LogP contribution in [0.5, 0.6) is 5.75 Å². The number of phenolic OH excluding ortho intramolecular Hbond substituents is 1. The van der Waals surface area contributed by atoms with Crippen LogP contribution in [0.4, 0.5) is 5.69 Å². The number of phenols is 1. The molecule has 5 nitrogen and oxygen atoms in total. The number of benzene rings is 2. The zero-order valence-electron chi connectivity index (χ0n) is 10.1. The van der Waals surface area contributed by atoms with Crippen molar-refractivity contribution in [2.45, 2.75) is 0 Å². The molecule has 0 atom stereocenters. The molecular formula is C14H10BrNO4. The van der Waals surface area contributed by atoms with Gasteiger partial charge in [0.15, 0.2) is 0 Å². The van der Waals surface area contributed by atoms with Crippen molar-refractivity contribution in [2.24, 2.45) is 0 Å². The Morgan fingerprint density at radius 2 is 1.60 bits per heavy atom. The molecule has 20 heavy (non-hydrogen) atoms. The van der Waals surface area contributed by atoms with Gasteiger partial charge in [-0.05, 0) is 58.4 Å². The van der Waals surface area contributed by atoms with Gasteiger partial charge in [0.2, 0.25) is 0 Å². The fourth-order valence-corrected chi connectivity index (χ4v) is 1.80. The van der Waals surface area contributed by atoms with Crippen molar-refractivity contribution in [3.63, 3.8) is 0 Å². The maximum absolute atomic E-state index is 11.9. The van der Waals surface area contributed by atoms with E-state index in [0.29, 0.717) is 15.7 Å². The number of halogens is 1. The van der Waals surface area contributed by atoms with Gasteiger partial charge in [-0.15, -0.1) is 0 Å². The molecule has 2 rings (SSSR count). The molecule has 2 aromatic carbocycles. The van der Waals surface area contributed by atoms with Gasteiger partial charge in [0.05, 0.1) is 10.0 Å². The smallest absolute Gasteiger partial charge is 0.335 e. The van der Waals surface area contributed by atoms with E-state index in [4.69, 9.17) is 5.11 Å². The standard InChI is InChI=1S/C14H10BrNO4/c15-11-6-3-9(7-12(11)17)13(18)16-10-4-1-8(2-5-10)14(19)20/h1-7,17H,(H,16,18)(H,19,20). The number of aromatic hydroxyl groups is 1. The number of rotatable bonds is 3. The zero-order chi connectivity index (χ0) is 14.7. The lowest BCUT2D eigenvalue weighted by Gasteiger charge is -2.06. The summed E-state index contributed by atoms with van der Waals surface area (Å²) in [5.41, 5.74) is 0.916. The number of hydrogen-bond acceptors (Lipinski definition) is 3. The van der Waals surface area contributed by atoms with Gasteiger partial charge in [-0.25, -0.2) is 4.79 Å². The Morgan fingerprint density at radius 3 is 2.15 bits per heavy atom. The molecule has 0 spiro atoms. The normalized spacial score (nSPS) is 10.1. The molecule has 102 valence electrons. The SMILES string of the molecule is O=C(O)c1ccc(NC(=O)c2ccc(Br)c(O)c2)cc1. The van der Waals surface area contributed by atoms with Crippen molar-refractivity contribution in [3.05, 3.63) is 58.1 Å². The third-order valence-electron chi connectivity index (χ3n) is 2.60. The van der Waals surface area contributed by atoms with E-state index < -0.39 is 11.9 Å². The Morgan fingerprint density at radius 1 is 1.00 bits per heavy atom. The Kier molecular flexibility index (Phi) is 4.05. The minimum Gasteiger partial charge on any atom is -0.507 e. The second-order valence-corrected chi connectivity index (χ2v) is 4.86. The minimum absolute atomic E-state index is 0.0288. The monoisotopic (exact) mass is 335 g/mol. The fraction of sp³-hybridized carbons (Fsp3) is 0. The molecule has 0 saturated carbocycles. The molecule has 0 aromatic heterocycles. The highest BCUT2D eigenvalue weighted by Crippen LogP contribution is 2.24. The van der Waals surface area contributed by atoms with E-state index in [1.807, 2.05) is 0 Å². The Balaban J connectivity index is 2.14. The van der Waals surface area contributed by atoms with Gasteiger partial charge in [-0.1, -0.05) is 0 Å². The molecule has 0 aliphatic rings. The predicted molar refractivity (Wildman–Crippen MR) is 77.2 cm³/mol. The summed E-state index contributed by atoms with van der Waals surface area (Å²) in [4.78, 5) is 22.6.